The van der Waals surface area contributed by atoms with Crippen molar-refractivity contribution in [2.24, 2.45) is 0 Å². The summed E-state index contributed by atoms with van der Waals surface area (Å²) in [5, 5.41) is 8.71. The second kappa shape index (κ2) is 3.30. The van der Waals surface area contributed by atoms with Gasteiger partial charge in [0.15, 0.2) is 0 Å². The first kappa shape index (κ1) is 7.19. The number of hydrogen-bond acceptors (Lipinski definition) is 2. The normalized spacial score (nSPS) is 19.6. The van der Waals surface area contributed by atoms with Crippen molar-refractivity contribution in [3.63, 3.8) is 0 Å². The van der Waals surface area contributed by atoms with Gasteiger partial charge in [-0.15, -0.1) is 0 Å². The molecular formula is C8H13NO. The van der Waals surface area contributed by atoms with Crippen LogP contribution in [-0.4, -0.2) is 23.1 Å². The monoisotopic (exact) mass is 139 g/mol. The lowest BCUT2D eigenvalue weighted by Gasteiger charge is -2.16. The fraction of sp³-hybridized carbons (Fsp3) is 0.500. The number of likely N-dealkylation sites (tertiary alicyclic amines) is 1. The molecule has 1 heterocycles. The van der Waals surface area contributed by atoms with E-state index in [4.69, 9.17) is 5.11 Å². The predicted molar refractivity (Wildman–Crippen MR) is 41.7 cm³/mol. The molecule has 1 N–H and O–H groups in total. The largest absolute Gasteiger partial charge is 0.513 e. The summed E-state index contributed by atoms with van der Waals surface area (Å²) in [5.74, 6) is 0. The third kappa shape index (κ3) is 1.32. The molecule has 0 aromatic heterocycles. The van der Waals surface area contributed by atoms with Gasteiger partial charge in [-0.25, -0.2) is 0 Å². The van der Waals surface area contributed by atoms with E-state index in [2.05, 4.69) is 11.5 Å². The highest BCUT2D eigenvalue weighted by atomic mass is 16.2. The average molecular weight is 139 g/mol. The van der Waals surface area contributed by atoms with Crippen LogP contribution in [0.4, 0.5) is 0 Å². The van der Waals surface area contributed by atoms with E-state index in [1.54, 1.807) is 6.08 Å². The van der Waals surface area contributed by atoms with Crippen molar-refractivity contribution in [2.45, 2.75) is 12.8 Å². The van der Waals surface area contributed by atoms with Gasteiger partial charge < -0.3 is 10.0 Å². The Bertz CT molecular complexity index is 145. The molecule has 1 rings (SSSR count). The van der Waals surface area contributed by atoms with Gasteiger partial charge in [-0.1, -0.05) is 6.58 Å². The maximum atomic E-state index is 8.71. The Morgan fingerprint density at radius 3 is 2.40 bits per heavy atom. The SMILES string of the molecule is C=C/C(=C\O)N1CCCC1. The topological polar surface area (TPSA) is 23.5 Å². The summed E-state index contributed by atoms with van der Waals surface area (Å²) in [6, 6.07) is 0. The van der Waals surface area contributed by atoms with E-state index >= 15 is 0 Å². The van der Waals surface area contributed by atoms with Gasteiger partial charge in [-0.05, 0) is 18.9 Å². The van der Waals surface area contributed by atoms with Crippen LogP contribution >= 0.6 is 0 Å². The van der Waals surface area contributed by atoms with Crippen molar-refractivity contribution in [3.8, 4) is 0 Å². The maximum Gasteiger partial charge on any atom is 0.102 e. The lowest BCUT2D eigenvalue weighted by Crippen LogP contribution is -2.16. The Kier molecular flexibility index (Phi) is 2.37. The Labute approximate surface area is 61.5 Å². The number of aliphatic hydroxyl groups excluding tert-OH is 1. The molecule has 1 saturated heterocycles. The first-order valence-electron chi connectivity index (χ1n) is 3.60. The van der Waals surface area contributed by atoms with Crippen LogP contribution in [0.5, 0.6) is 0 Å². The van der Waals surface area contributed by atoms with E-state index in [1.165, 1.54) is 12.8 Å². The van der Waals surface area contributed by atoms with Crippen LogP contribution in [0.2, 0.25) is 0 Å². The van der Waals surface area contributed by atoms with Gasteiger partial charge in [0, 0.05) is 13.1 Å². The summed E-state index contributed by atoms with van der Waals surface area (Å²) in [6.07, 6.45) is 5.26. The third-order valence-electron chi connectivity index (χ3n) is 1.81. The smallest absolute Gasteiger partial charge is 0.102 e. The van der Waals surface area contributed by atoms with Gasteiger partial charge in [0.25, 0.3) is 0 Å². The highest BCUT2D eigenvalue weighted by Gasteiger charge is 2.11. The molecule has 0 spiro atoms. The molecule has 0 aromatic carbocycles. The van der Waals surface area contributed by atoms with Crippen LogP contribution in [-0.2, 0) is 0 Å². The highest BCUT2D eigenvalue weighted by Crippen LogP contribution is 2.13. The molecule has 0 aliphatic carbocycles. The third-order valence-corrected chi connectivity index (χ3v) is 1.81. The van der Waals surface area contributed by atoms with Crippen molar-refractivity contribution in [1.82, 2.24) is 4.90 Å². The summed E-state index contributed by atoms with van der Waals surface area (Å²) in [7, 11) is 0. The minimum Gasteiger partial charge on any atom is -0.513 e. The van der Waals surface area contributed by atoms with E-state index in [9.17, 15) is 0 Å². The van der Waals surface area contributed by atoms with Gasteiger partial charge in [-0.3, -0.25) is 0 Å². The quantitative estimate of drug-likeness (QED) is 0.464. The summed E-state index contributed by atoms with van der Waals surface area (Å²) in [5.41, 5.74) is 0.845. The zero-order valence-corrected chi connectivity index (χ0v) is 6.08. The molecule has 2 nitrogen and oxygen atoms in total. The van der Waals surface area contributed by atoms with Crippen molar-refractivity contribution in [2.75, 3.05) is 13.1 Å². The van der Waals surface area contributed by atoms with Crippen LogP contribution in [0.25, 0.3) is 0 Å². The molecule has 0 unspecified atom stereocenters. The molecule has 0 amide bonds. The van der Waals surface area contributed by atoms with Gasteiger partial charge >= 0.3 is 0 Å². The first-order valence-corrected chi connectivity index (χ1v) is 3.60. The van der Waals surface area contributed by atoms with E-state index < -0.39 is 0 Å². The zero-order valence-electron chi connectivity index (χ0n) is 6.08. The minimum absolute atomic E-state index is 0.845. The van der Waals surface area contributed by atoms with E-state index in [0.29, 0.717) is 0 Å². The Balaban J connectivity index is 2.53. The number of allylic oxidation sites excluding steroid dienone is 1. The summed E-state index contributed by atoms with van der Waals surface area (Å²) < 4.78 is 0. The number of hydrogen-bond donors (Lipinski definition) is 1. The van der Waals surface area contributed by atoms with Gasteiger partial charge in [0.1, 0.15) is 6.26 Å². The van der Waals surface area contributed by atoms with Crippen molar-refractivity contribution in [1.29, 1.82) is 0 Å². The molecule has 1 fully saturated rings. The van der Waals surface area contributed by atoms with Gasteiger partial charge in [0.2, 0.25) is 0 Å². The molecule has 0 atom stereocenters. The number of aliphatic hydroxyl groups is 1. The summed E-state index contributed by atoms with van der Waals surface area (Å²) in [6.45, 7) is 5.71. The Morgan fingerprint density at radius 2 is 2.00 bits per heavy atom. The van der Waals surface area contributed by atoms with Crippen LogP contribution < -0.4 is 0 Å². The average Bonchev–Trinajstić information content (AvgIpc) is 2.43. The fourth-order valence-corrected chi connectivity index (χ4v) is 1.24. The Hall–Kier alpha value is -0.920. The van der Waals surface area contributed by atoms with E-state index in [1.807, 2.05) is 0 Å². The van der Waals surface area contributed by atoms with Crippen LogP contribution in [0.3, 0.4) is 0 Å². The molecule has 56 valence electrons. The van der Waals surface area contributed by atoms with Gasteiger partial charge in [0.05, 0.1) is 5.70 Å². The molecule has 1 aliphatic heterocycles. The minimum atomic E-state index is 0.845. The van der Waals surface area contributed by atoms with E-state index in [0.717, 1.165) is 25.0 Å². The highest BCUT2D eigenvalue weighted by molar-refractivity contribution is 5.12. The molecule has 1 aliphatic rings. The molecule has 0 aromatic rings. The molecule has 0 bridgehead atoms. The Morgan fingerprint density at radius 1 is 1.40 bits per heavy atom. The lowest BCUT2D eigenvalue weighted by molar-refractivity contribution is 0.394. The van der Waals surface area contributed by atoms with Gasteiger partial charge in [-0.2, -0.15) is 0 Å². The fourth-order valence-electron chi connectivity index (χ4n) is 1.24. The van der Waals surface area contributed by atoms with Crippen LogP contribution in [0, 0.1) is 0 Å². The molecule has 10 heavy (non-hydrogen) atoms. The van der Waals surface area contributed by atoms with Crippen LogP contribution in [0.1, 0.15) is 12.8 Å². The standard InChI is InChI=1S/C8H13NO/c1-2-8(7-10)9-5-3-4-6-9/h2,7,10H,1,3-6H2/b8-7+. The lowest BCUT2D eigenvalue weighted by atomic mass is 10.4. The second-order valence-corrected chi connectivity index (χ2v) is 2.45. The van der Waals surface area contributed by atoms with Crippen molar-refractivity contribution < 1.29 is 5.11 Å². The molecule has 0 saturated carbocycles. The first-order chi connectivity index (χ1) is 4.88. The predicted octanol–water partition coefficient (Wildman–Crippen LogP) is 1.67. The van der Waals surface area contributed by atoms with E-state index in [-0.39, 0.29) is 0 Å². The second-order valence-electron chi connectivity index (χ2n) is 2.45. The zero-order chi connectivity index (χ0) is 7.40. The molecule has 2 heteroatoms. The number of nitrogens with zero attached hydrogens (tertiary/aromatic N) is 1. The van der Waals surface area contributed by atoms with Crippen molar-refractivity contribution >= 4 is 0 Å². The molecular weight excluding hydrogens is 126 g/mol. The van der Waals surface area contributed by atoms with Crippen molar-refractivity contribution in [3.05, 3.63) is 24.6 Å². The van der Waals surface area contributed by atoms with Crippen LogP contribution in [0.15, 0.2) is 24.6 Å². The maximum absolute atomic E-state index is 8.71. The number of rotatable bonds is 2. The summed E-state index contributed by atoms with van der Waals surface area (Å²) in [4.78, 5) is 2.13. The summed E-state index contributed by atoms with van der Waals surface area (Å²) >= 11 is 0. The molecule has 0 radical (unpaired) electrons.